The van der Waals surface area contributed by atoms with Crippen LogP contribution in [0.4, 0.5) is 23.2 Å². The van der Waals surface area contributed by atoms with Crippen molar-refractivity contribution in [3.63, 3.8) is 0 Å². The van der Waals surface area contributed by atoms with E-state index in [1.165, 1.54) is 6.92 Å². The summed E-state index contributed by atoms with van der Waals surface area (Å²) in [5.41, 5.74) is -0.107. The van der Waals surface area contributed by atoms with Crippen molar-refractivity contribution in [1.29, 1.82) is 0 Å². The lowest BCUT2D eigenvalue weighted by Gasteiger charge is -2.16. The predicted molar refractivity (Wildman–Crippen MR) is 57.7 cm³/mol. The number of aromatic carboxylic acids is 1. The molecule has 0 bridgehead atoms. The Morgan fingerprint density at radius 1 is 1.32 bits per heavy atom. The van der Waals surface area contributed by atoms with Gasteiger partial charge < -0.3 is 10.4 Å². The van der Waals surface area contributed by atoms with E-state index >= 15 is 0 Å². The van der Waals surface area contributed by atoms with Crippen molar-refractivity contribution in [2.24, 2.45) is 0 Å². The number of amides is 1. The minimum absolute atomic E-state index is 0.115. The Morgan fingerprint density at radius 3 is 2.32 bits per heavy atom. The SMILES string of the molecule is Cc1cc(C(=O)O)ccc1NC(=O)C(F)(F)C(F)F. The lowest BCUT2D eigenvalue weighted by Crippen LogP contribution is -2.41. The molecule has 1 amide bonds. The highest BCUT2D eigenvalue weighted by Crippen LogP contribution is 2.26. The van der Waals surface area contributed by atoms with Crippen molar-refractivity contribution in [2.45, 2.75) is 19.3 Å². The largest absolute Gasteiger partial charge is 0.478 e. The van der Waals surface area contributed by atoms with Crippen molar-refractivity contribution in [1.82, 2.24) is 0 Å². The number of carbonyl (C=O) groups excluding carboxylic acids is 1. The fraction of sp³-hybridized carbons (Fsp3) is 0.273. The zero-order chi connectivity index (χ0) is 14.8. The first-order valence-corrected chi connectivity index (χ1v) is 4.97. The number of nitrogens with one attached hydrogen (secondary N) is 1. The number of carboxylic acids is 1. The average Bonchev–Trinajstić information content (AvgIpc) is 2.30. The average molecular weight is 279 g/mol. The third-order valence-corrected chi connectivity index (χ3v) is 2.30. The van der Waals surface area contributed by atoms with Crippen LogP contribution in [0.15, 0.2) is 18.2 Å². The third-order valence-electron chi connectivity index (χ3n) is 2.30. The Labute approximate surface area is 105 Å². The normalized spacial score (nSPS) is 11.5. The molecule has 0 aromatic heterocycles. The molecule has 0 fully saturated rings. The maximum Gasteiger partial charge on any atom is 0.383 e. The van der Waals surface area contributed by atoms with Gasteiger partial charge >= 0.3 is 24.2 Å². The van der Waals surface area contributed by atoms with E-state index in [0.29, 0.717) is 0 Å². The number of anilines is 1. The number of benzene rings is 1. The summed E-state index contributed by atoms with van der Waals surface area (Å²) in [6.45, 7) is 1.35. The lowest BCUT2D eigenvalue weighted by molar-refractivity contribution is -0.163. The molecule has 0 heterocycles. The van der Waals surface area contributed by atoms with Crippen molar-refractivity contribution in [3.05, 3.63) is 29.3 Å². The highest BCUT2D eigenvalue weighted by atomic mass is 19.3. The Hall–Kier alpha value is -2.12. The minimum Gasteiger partial charge on any atom is -0.478 e. The smallest absolute Gasteiger partial charge is 0.383 e. The van der Waals surface area contributed by atoms with Gasteiger partial charge in [-0.25, -0.2) is 13.6 Å². The van der Waals surface area contributed by atoms with Gasteiger partial charge in [0.1, 0.15) is 0 Å². The molecule has 0 aliphatic rings. The number of hydrogen-bond donors (Lipinski definition) is 2. The van der Waals surface area contributed by atoms with Gasteiger partial charge in [0.2, 0.25) is 0 Å². The first-order valence-electron chi connectivity index (χ1n) is 4.97. The van der Waals surface area contributed by atoms with Gasteiger partial charge in [0.05, 0.1) is 5.56 Å². The highest BCUT2D eigenvalue weighted by Gasteiger charge is 2.49. The van der Waals surface area contributed by atoms with E-state index in [1.807, 2.05) is 0 Å². The number of rotatable bonds is 4. The number of halogens is 4. The monoisotopic (exact) mass is 279 g/mol. The summed E-state index contributed by atoms with van der Waals surface area (Å²) in [4.78, 5) is 21.6. The lowest BCUT2D eigenvalue weighted by atomic mass is 10.1. The molecule has 0 saturated heterocycles. The fourth-order valence-electron chi connectivity index (χ4n) is 1.24. The van der Waals surface area contributed by atoms with Crippen LogP contribution >= 0.6 is 0 Å². The molecule has 2 N–H and O–H groups in total. The van der Waals surface area contributed by atoms with Crippen molar-refractivity contribution in [3.8, 4) is 0 Å². The van der Waals surface area contributed by atoms with Crippen LogP contribution in [0.2, 0.25) is 0 Å². The van der Waals surface area contributed by atoms with E-state index in [4.69, 9.17) is 5.11 Å². The molecule has 1 rings (SSSR count). The van der Waals surface area contributed by atoms with Gasteiger partial charge in [-0.05, 0) is 30.7 Å². The van der Waals surface area contributed by atoms with Gasteiger partial charge in [0.15, 0.2) is 0 Å². The molecular formula is C11H9F4NO3. The molecule has 0 spiro atoms. The molecule has 1 aromatic rings. The number of carbonyl (C=O) groups is 2. The summed E-state index contributed by atoms with van der Waals surface area (Å²) in [6, 6.07) is 3.24. The molecule has 104 valence electrons. The summed E-state index contributed by atoms with van der Waals surface area (Å²) >= 11 is 0. The predicted octanol–water partition coefficient (Wildman–Crippen LogP) is 2.53. The number of alkyl halides is 4. The van der Waals surface area contributed by atoms with Crippen LogP contribution in [0.5, 0.6) is 0 Å². The van der Waals surface area contributed by atoms with E-state index in [2.05, 4.69) is 0 Å². The molecule has 0 unspecified atom stereocenters. The third kappa shape index (κ3) is 3.21. The fourth-order valence-corrected chi connectivity index (χ4v) is 1.24. The van der Waals surface area contributed by atoms with Gasteiger partial charge in [-0.1, -0.05) is 0 Å². The van der Waals surface area contributed by atoms with Crippen LogP contribution in [-0.4, -0.2) is 29.3 Å². The number of carboxylic acid groups (broad SMARTS) is 1. The van der Waals surface area contributed by atoms with E-state index in [9.17, 15) is 27.2 Å². The van der Waals surface area contributed by atoms with Crippen molar-refractivity contribution < 1.29 is 32.3 Å². The summed E-state index contributed by atoms with van der Waals surface area (Å²) in [6.07, 6.45) is -4.12. The molecule has 19 heavy (non-hydrogen) atoms. The molecule has 8 heteroatoms. The molecule has 1 aromatic carbocycles. The van der Waals surface area contributed by atoms with Crippen LogP contribution in [-0.2, 0) is 4.79 Å². The Balaban J connectivity index is 2.95. The second-order valence-electron chi connectivity index (χ2n) is 3.71. The maximum absolute atomic E-state index is 12.7. The van der Waals surface area contributed by atoms with Crippen LogP contribution in [0.3, 0.4) is 0 Å². The Bertz CT molecular complexity index is 517. The Morgan fingerprint density at radius 2 is 1.89 bits per heavy atom. The van der Waals surface area contributed by atoms with Crippen molar-refractivity contribution in [2.75, 3.05) is 5.32 Å². The van der Waals surface area contributed by atoms with Gasteiger partial charge in [-0.2, -0.15) is 8.78 Å². The summed E-state index contributed by atoms with van der Waals surface area (Å²) in [5, 5.41) is 10.3. The molecule has 4 nitrogen and oxygen atoms in total. The molecular weight excluding hydrogens is 270 g/mol. The second kappa shape index (κ2) is 5.25. The molecule has 0 aliphatic heterocycles. The van der Waals surface area contributed by atoms with E-state index in [1.54, 1.807) is 5.32 Å². The number of aryl methyl sites for hydroxylation is 1. The summed E-state index contributed by atoms with van der Waals surface area (Å²) < 4.78 is 49.3. The highest BCUT2D eigenvalue weighted by molar-refractivity contribution is 5.97. The summed E-state index contributed by atoms with van der Waals surface area (Å²) in [7, 11) is 0. The molecule has 0 saturated carbocycles. The number of hydrogen-bond acceptors (Lipinski definition) is 2. The van der Waals surface area contributed by atoms with Crippen molar-refractivity contribution >= 4 is 17.6 Å². The maximum atomic E-state index is 12.7. The van der Waals surface area contributed by atoms with Gasteiger partial charge in [-0.15, -0.1) is 0 Å². The van der Waals surface area contributed by atoms with Crippen LogP contribution in [0.1, 0.15) is 15.9 Å². The minimum atomic E-state index is -4.81. The van der Waals surface area contributed by atoms with E-state index < -0.39 is 24.2 Å². The topological polar surface area (TPSA) is 66.4 Å². The quantitative estimate of drug-likeness (QED) is 0.832. The van der Waals surface area contributed by atoms with Crippen LogP contribution in [0.25, 0.3) is 0 Å². The standard InChI is InChI=1S/C11H9F4NO3/c1-5-4-6(8(17)18)2-3-7(5)16-10(19)11(14,15)9(12)13/h2-4,9H,1H3,(H,16,19)(H,17,18). The van der Waals surface area contributed by atoms with Crippen LogP contribution in [0, 0.1) is 6.92 Å². The van der Waals surface area contributed by atoms with Gasteiger partial charge in [0, 0.05) is 5.69 Å². The molecule has 0 radical (unpaired) electrons. The van der Waals surface area contributed by atoms with Crippen LogP contribution < -0.4 is 5.32 Å². The van der Waals surface area contributed by atoms with Gasteiger partial charge in [0.25, 0.3) is 0 Å². The Kier molecular flexibility index (Phi) is 4.13. The van der Waals surface area contributed by atoms with E-state index in [0.717, 1.165) is 18.2 Å². The van der Waals surface area contributed by atoms with Gasteiger partial charge in [-0.3, -0.25) is 4.79 Å². The molecule has 0 atom stereocenters. The second-order valence-corrected chi connectivity index (χ2v) is 3.71. The zero-order valence-electron chi connectivity index (χ0n) is 9.58. The molecule has 0 aliphatic carbocycles. The van der Waals surface area contributed by atoms with E-state index in [-0.39, 0.29) is 16.8 Å². The zero-order valence-corrected chi connectivity index (χ0v) is 9.58. The first kappa shape index (κ1) is 14.9. The summed E-state index contributed by atoms with van der Waals surface area (Å²) in [5.74, 6) is -8.19. The first-order chi connectivity index (χ1) is 8.66.